The van der Waals surface area contributed by atoms with Crippen LogP contribution in [0.2, 0.25) is 0 Å². The zero-order valence-electron chi connectivity index (χ0n) is 13.5. The van der Waals surface area contributed by atoms with Gasteiger partial charge >= 0.3 is 0 Å². The van der Waals surface area contributed by atoms with Crippen molar-refractivity contribution >= 4 is 5.91 Å². The minimum atomic E-state index is -0.133. The fourth-order valence-corrected chi connectivity index (χ4v) is 2.27. The van der Waals surface area contributed by atoms with Gasteiger partial charge in [0.05, 0.1) is 12.2 Å². The number of hydrogen-bond donors (Lipinski definition) is 2. The summed E-state index contributed by atoms with van der Waals surface area (Å²) in [6, 6.07) is 0.355. The largest absolute Gasteiger partial charge is 0.350 e. The van der Waals surface area contributed by atoms with E-state index >= 15 is 0 Å². The van der Waals surface area contributed by atoms with Crippen molar-refractivity contribution in [2.45, 2.75) is 46.6 Å². The van der Waals surface area contributed by atoms with Crippen LogP contribution in [0.1, 0.15) is 57.1 Å². The summed E-state index contributed by atoms with van der Waals surface area (Å²) in [6.07, 6.45) is 3.84. The smallest absolute Gasteiger partial charge is 0.273 e. The van der Waals surface area contributed by atoms with Crippen LogP contribution in [0.5, 0.6) is 0 Å². The number of aromatic nitrogens is 3. The van der Waals surface area contributed by atoms with Crippen molar-refractivity contribution in [3.63, 3.8) is 0 Å². The average molecular weight is 293 g/mol. The number of nitrogens with zero attached hydrogens (tertiary/aromatic N) is 3. The lowest BCUT2D eigenvalue weighted by molar-refractivity contribution is 0.0932. The van der Waals surface area contributed by atoms with Gasteiger partial charge in [0.15, 0.2) is 5.69 Å². The van der Waals surface area contributed by atoms with E-state index in [0.29, 0.717) is 24.2 Å². The maximum atomic E-state index is 12.1. The Bertz CT molecular complexity index is 471. The third-order valence-corrected chi connectivity index (χ3v) is 4.47. The maximum Gasteiger partial charge on any atom is 0.273 e. The Kier molecular flexibility index (Phi) is 4.98. The molecule has 1 unspecified atom stereocenters. The van der Waals surface area contributed by atoms with E-state index in [-0.39, 0.29) is 11.3 Å². The Morgan fingerprint density at radius 2 is 2.14 bits per heavy atom. The molecule has 1 aliphatic heterocycles. The standard InChI is InChI=1S/C15H27N5O/c1-11(15(2,3)4)9-17-14(21)13-10-20(19-18-13)12-5-7-16-8-6-12/h10-12,16H,5-9H2,1-4H3,(H,17,21). The Balaban J connectivity index is 1.90. The average Bonchev–Trinajstić information content (AvgIpc) is 2.94. The van der Waals surface area contributed by atoms with Gasteiger partial charge in [-0.15, -0.1) is 5.10 Å². The number of rotatable bonds is 4. The topological polar surface area (TPSA) is 71.8 Å². The van der Waals surface area contributed by atoms with Crippen molar-refractivity contribution in [1.82, 2.24) is 25.6 Å². The summed E-state index contributed by atoms with van der Waals surface area (Å²) < 4.78 is 1.84. The van der Waals surface area contributed by atoms with Gasteiger partial charge in [0.2, 0.25) is 0 Å². The molecular formula is C15H27N5O. The Morgan fingerprint density at radius 3 is 2.76 bits per heavy atom. The molecule has 1 aromatic heterocycles. The normalized spacial score (nSPS) is 18.5. The third-order valence-electron chi connectivity index (χ3n) is 4.47. The molecule has 0 aliphatic carbocycles. The Hall–Kier alpha value is -1.43. The third kappa shape index (κ3) is 4.27. The number of carbonyl (C=O) groups excluding carboxylic acids is 1. The van der Waals surface area contributed by atoms with Gasteiger partial charge in [0.25, 0.3) is 5.91 Å². The van der Waals surface area contributed by atoms with E-state index in [0.717, 1.165) is 25.9 Å². The second kappa shape index (κ2) is 6.56. The van der Waals surface area contributed by atoms with Crippen molar-refractivity contribution in [1.29, 1.82) is 0 Å². The van der Waals surface area contributed by atoms with E-state index in [1.54, 1.807) is 6.20 Å². The van der Waals surface area contributed by atoms with Gasteiger partial charge in [0, 0.05) is 6.54 Å². The molecule has 118 valence electrons. The minimum absolute atomic E-state index is 0.133. The first-order valence-corrected chi connectivity index (χ1v) is 7.78. The lowest BCUT2D eigenvalue weighted by Crippen LogP contribution is -2.33. The molecule has 2 heterocycles. The highest BCUT2D eigenvalue weighted by molar-refractivity contribution is 5.91. The summed E-state index contributed by atoms with van der Waals surface area (Å²) >= 11 is 0. The van der Waals surface area contributed by atoms with Gasteiger partial charge in [-0.2, -0.15) is 0 Å². The lowest BCUT2D eigenvalue weighted by Gasteiger charge is -2.27. The molecule has 0 radical (unpaired) electrons. The van der Waals surface area contributed by atoms with Crippen molar-refractivity contribution in [2.75, 3.05) is 19.6 Å². The highest BCUT2D eigenvalue weighted by atomic mass is 16.2. The Morgan fingerprint density at radius 1 is 1.48 bits per heavy atom. The summed E-state index contributed by atoms with van der Waals surface area (Å²) in [7, 11) is 0. The van der Waals surface area contributed by atoms with Crippen LogP contribution in [0.25, 0.3) is 0 Å². The van der Waals surface area contributed by atoms with Crippen LogP contribution in [0.15, 0.2) is 6.20 Å². The van der Waals surface area contributed by atoms with Crippen molar-refractivity contribution < 1.29 is 4.79 Å². The molecule has 2 rings (SSSR count). The number of hydrogen-bond acceptors (Lipinski definition) is 4. The predicted molar refractivity (Wildman–Crippen MR) is 82.1 cm³/mol. The van der Waals surface area contributed by atoms with Gasteiger partial charge in [-0.25, -0.2) is 4.68 Å². The number of piperidine rings is 1. The lowest BCUT2D eigenvalue weighted by atomic mass is 9.82. The molecule has 2 N–H and O–H groups in total. The number of nitrogens with one attached hydrogen (secondary N) is 2. The van der Waals surface area contributed by atoms with Crippen LogP contribution in [-0.4, -0.2) is 40.5 Å². The van der Waals surface area contributed by atoms with Crippen LogP contribution >= 0.6 is 0 Å². The first-order valence-electron chi connectivity index (χ1n) is 7.78. The second-order valence-electron chi connectivity index (χ2n) is 7.04. The molecule has 6 heteroatoms. The van der Waals surface area contributed by atoms with Crippen molar-refractivity contribution in [2.24, 2.45) is 11.3 Å². The summed E-state index contributed by atoms with van der Waals surface area (Å²) in [5.74, 6) is 0.271. The first kappa shape index (κ1) is 15.9. The molecule has 21 heavy (non-hydrogen) atoms. The fraction of sp³-hybridized carbons (Fsp3) is 0.800. The molecule has 0 spiro atoms. The molecule has 1 aromatic rings. The quantitative estimate of drug-likeness (QED) is 0.885. The molecule has 0 bridgehead atoms. The highest BCUT2D eigenvalue weighted by Crippen LogP contribution is 2.24. The summed E-state index contributed by atoms with van der Waals surface area (Å²) in [5.41, 5.74) is 0.592. The van der Waals surface area contributed by atoms with Crippen molar-refractivity contribution in [3.05, 3.63) is 11.9 Å². The van der Waals surface area contributed by atoms with Gasteiger partial charge in [-0.05, 0) is 37.3 Å². The van der Waals surface area contributed by atoms with Crippen molar-refractivity contribution in [3.8, 4) is 0 Å². The van der Waals surface area contributed by atoms with E-state index in [4.69, 9.17) is 0 Å². The number of carbonyl (C=O) groups is 1. The highest BCUT2D eigenvalue weighted by Gasteiger charge is 2.22. The molecule has 1 aliphatic rings. The van der Waals surface area contributed by atoms with Crippen LogP contribution in [-0.2, 0) is 0 Å². The van der Waals surface area contributed by atoms with E-state index < -0.39 is 0 Å². The second-order valence-corrected chi connectivity index (χ2v) is 7.04. The Labute approximate surface area is 126 Å². The van der Waals surface area contributed by atoms with Crippen LogP contribution in [0.3, 0.4) is 0 Å². The van der Waals surface area contributed by atoms with Gasteiger partial charge in [-0.3, -0.25) is 4.79 Å². The molecule has 1 amide bonds. The SMILES string of the molecule is CC(CNC(=O)c1cn(C2CCNCC2)nn1)C(C)(C)C. The summed E-state index contributed by atoms with van der Waals surface area (Å²) in [5, 5.41) is 14.4. The van der Waals surface area contributed by atoms with Gasteiger partial charge < -0.3 is 10.6 Å². The van der Waals surface area contributed by atoms with Crippen LogP contribution in [0.4, 0.5) is 0 Å². The molecule has 1 fully saturated rings. The van der Waals surface area contributed by atoms with E-state index in [9.17, 15) is 4.79 Å². The van der Waals surface area contributed by atoms with Gasteiger partial charge in [-0.1, -0.05) is 32.9 Å². The molecule has 1 atom stereocenters. The predicted octanol–water partition coefficient (Wildman–Crippen LogP) is 1.61. The molecule has 1 saturated heterocycles. The van der Waals surface area contributed by atoms with Crippen LogP contribution < -0.4 is 10.6 Å². The molecular weight excluding hydrogens is 266 g/mol. The van der Waals surface area contributed by atoms with Gasteiger partial charge in [0.1, 0.15) is 0 Å². The molecule has 0 saturated carbocycles. The first-order chi connectivity index (χ1) is 9.88. The fourth-order valence-electron chi connectivity index (χ4n) is 2.27. The summed E-state index contributed by atoms with van der Waals surface area (Å²) in [6.45, 7) is 11.3. The molecule has 6 nitrogen and oxygen atoms in total. The summed E-state index contributed by atoms with van der Waals surface area (Å²) in [4.78, 5) is 12.1. The zero-order chi connectivity index (χ0) is 15.5. The minimum Gasteiger partial charge on any atom is -0.350 e. The van der Waals surface area contributed by atoms with Crippen LogP contribution in [0, 0.1) is 11.3 Å². The molecule has 0 aromatic carbocycles. The zero-order valence-corrected chi connectivity index (χ0v) is 13.5. The number of amides is 1. The van der Waals surface area contributed by atoms with E-state index in [1.165, 1.54) is 0 Å². The monoisotopic (exact) mass is 293 g/mol. The maximum absolute atomic E-state index is 12.1. The van der Waals surface area contributed by atoms with E-state index in [2.05, 4.69) is 48.6 Å². The van der Waals surface area contributed by atoms with E-state index in [1.807, 2.05) is 4.68 Å².